The van der Waals surface area contributed by atoms with Gasteiger partial charge in [0.25, 0.3) is 0 Å². The van der Waals surface area contributed by atoms with Crippen molar-refractivity contribution in [3.8, 4) is 0 Å². The molecule has 2 amide bonds. The summed E-state index contributed by atoms with van der Waals surface area (Å²) in [7, 11) is 0. The van der Waals surface area contributed by atoms with Crippen LogP contribution in [-0.4, -0.2) is 36.0 Å². The molecule has 0 aromatic heterocycles. The number of aliphatic imine (C=N–C) groups is 1. The summed E-state index contributed by atoms with van der Waals surface area (Å²) in [5, 5.41) is 11.6. The van der Waals surface area contributed by atoms with Crippen molar-refractivity contribution in [1.82, 2.24) is 5.32 Å². The number of halogens is 1. The molecular formula is C17H14ClN3O3. The molecule has 2 aromatic rings. The third kappa shape index (κ3) is 3.23. The SMILES string of the molecule is O=C(O)NCN1C(=O)CN=C(c2ccccc2)c2cc(Cl)ccc21. The van der Waals surface area contributed by atoms with Gasteiger partial charge in [0.1, 0.15) is 13.2 Å². The predicted molar refractivity (Wildman–Crippen MR) is 91.9 cm³/mol. The fourth-order valence-corrected chi connectivity index (χ4v) is 2.72. The quantitative estimate of drug-likeness (QED) is 0.899. The average Bonchev–Trinajstić information content (AvgIpc) is 2.70. The van der Waals surface area contributed by atoms with E-state index in [0.29, 0.717) is 22.0 Å². The zero-order chi connectivity index (χ0) is 17.1. The van der Waals surface area contributed by atoms with Gasteiger partial charge in [0.2, 0.25) is 5.91 Å². The summed E-state index contributed by atoms with van der Waals surface area (Å²) in [5.74, 6) is -0.293. The van der Waals surface area contributed by atoms with Crippen LogP contribution in [0.1, 0.15) is 11.1 Å². The van der Waals surface area contributed by atoms with Gasteiger partial charge in [-0.2, -0.15) is 0 Å². The minimum absolute atomic E-state index is 0.0716. The normalized spacial score (nSPS) is 13.8. The van der Waals surface area contributed by atoms with E-state index in [2.05, 4.69) is 10.3 Å². The van der Waals surface area contributed by atoms with Crippen molar-refractivity contribution in [3.63, 3.8) is 0 Å². The molecule has 7 heteroatoms. The Balaban J connectivity index is 2.10. The Labute approximate surface area is 143 Å². The highest BCUT2D eigenvalue weighted by Crippen LogP contribution is 2.29. The van der Waals surface area contributed by atoms with E-state index >= 15 is 0 Å². The molecular weight excluding hydrogens is 330 g/mol. The van der Waals surface area contributed by atoms with Crippen LogP contribution >= 0.6 is 11.6 Å². The van der Waals surface area contributed by atoms with E-state index in [1.807, 2.05) is 30.3 Å². The molecule has 0 radical (unpaired) electrons. The van der Waals surface area contributed by atoms with Gasteiger partial charge in [-0.15, -0.1) is 0 Å². The molecule has 24 heavy (non-hydrogen) atoms. The Morgan fingerprint density at radius 2 is 2.00 bits per heavy atom. The second kappa shape index (κ2) is 6.72. The highest BCUT2D eigenvalue weighted by molar-refractivity contribution is 6.32. The highest BCUT2D eigenvalue weighted by atomic mass is 35.5. The fourth-order valence-electron chi connectivity index (χ4n) is 2.55. The van der Waals surface area contributed by atoms with Crippen LogP contribution in [0.15, 0.2) is 53.5 Å². The van der Waals surface area contributed by atoms with E-state index in [9.17, 15) is 9.59 Å². The zero-order valence-electron chi connectivity index (χ0n) is 12.6. The monoisotopic (exact) mass is 343 g/mol. The van der Waals surface area contributed by atoms with Crippen molar-refractivity contribution in [3.05, 3.63) is 64.7 Å². The number of nitrogens with one attached hydrogen (secondary N) is 1. The number of benzene rings is 2. The largest absolute Gasteiger partial charge is 0.465 e. The van der Waals surface area contributed by atoms with Crippen LogP contribution in [0.2, 0.25) is 5.02 Å². The van der Waals surface area contributed by atoms with Gasteiger partial charge in [0, 0.05) is 16.1 Å². The van der Waals surface area contributed by atoms with Gasteiger partial charge in [-0.1, -0.05) is 41.9 Å². The first kappa shape index (κ1) is 16.0. The zero-order valence-corrected chi connectivity index (χ0v) is 13.3. The van der Waals surface area contributed by atoms with Crippen LogP contribution < -0.4 is 10.2 Å². The number of hydrogen-bond acceptors (Lipinski definition) is 3. The number of carbonyl (C=O) groups excluding carboxylic acids is 1. The molecule has 0 fully saturated rings. The highest BCUT2D eigenvalue weighted by Gasteiger charge is 2.25. The molecule has 0 atom stereocenters. The van der Waals surface area contributed by atoms with E-state index in [4.69, 9.17) is 16.7 Å². The maximum Gasteiger partial charge on any atom is 0.406 e. The summed E-state index contributed by atoms with van der Waals surface area (Å²) in [6.45, 7) is -0.224. The van der Waals surface area contributed by atoms with Gasteiger partial charge >= 0.3 is 6.09 Å². The smallest absolute Gasteiger partial charge is 0.406 e. The lowest BCUT2D eigenvalue weighted by molar-refractivity contribution is -0.117. The summed E-state index contributed by atoms with van der Waals surface area (Å²) in [4.78, 5) is 29.0. The van der Waals surface area contributed by atoms with Gasteiger partial charge in [-0.05, 0) is 18.2 Å². The molecule has 6 nitrogen and oxygen atoms in total. The summed E-state index contributed by atoms with van der Waals surface area (Å²) < 4.78 is 0. The van der Waals surface area contributed by atoms with E-state index in [1.54, 1.807) is 18.2 Å². The van der Waals surface area contributed by atoms with E-state index < -0.39 is 6.09 Å². The Morgan fingerprint density at radius 3 is 2.71 bits per heavy atom. The number of fused-ring (bicyclic) bond motifs is 1. The molecule has 2 aromatic carbocycles. The Morgan fingerprint density at radius 1 is 1.25 bits per heavy atom. The molecule has 1 heterocycles. The van der Waals surface area contributed by atoms with E-state index in [-0.39, 0.29) is 19.1 Å². The third-order valence-corrected chi connectivity index (χ3v) is 3.85. The first-order chi connectivity index (χ1) is 11.6. The number of carbonyl (C=O) groups is 2. The average molecular weight is 344 g/mol. The van der Waals surface area contributed by atoms with E-state index in [1.165, 1.54) is 4.90 Å². The number of hydrogen-bond donors (Lipinski definition) is 2. The summed E-state index contributed by atoms with van der Waals surface area (Å²) >= 11 is 6.13. The van der Waals surface area contributed by atoms with Crippen LogP contribution in [0.25, 0.3) is 0 Å². The van der Waals surface area contributed by atoms with Crippen molar-refractivity contribution in [1.29, 1.82) is 0 Å². The van der Waals surface area contributed by atoms with Crippen LogP contribution in [0.5, 0.6) is 0 Å². The molecule has 0 aliphatic carbocycles. The Hall–Kier alpha value is -2.86. The first-order valence-corrected chi connectivity index (χ1v) is 7.61. The summed E-state index contributed by atoms with van der Waals surface area (Å²) in [5.41, 5.74) is 2.77. The predicted octanol–water partition coefficient (Wildman–Crippen LogP) is 2.75. The molecule has 1 aliphatic heterocycles. The van der Waals surface area contributed by atoms with Crippen molar-refractivity contribution < 1.29 is 14.7 Å². The van der Waals surface area contributed by atoms with Crippen molar-refractivity contribution in [2.75, 3.05) is 18.1 Å². The minimum atomic E-state index is -1.20. The van der Waals surface area contributed by atoms with Crippen LogP contribution in [0.3, 0.4) is 0 Å². The number of anilines is 1. The lowest BCUT2D eigenvalue weighted by atomic mass is 10.0. The topological polar surface area (TPSA) is 82.0 Å². The second-order valence-electron chi connectivity index (χ2n) is 5.15. The molecule has 2 N–H and O–H groups in total. The number of rotatable bonds is 3. The van der Waals surface area contributed by atoms with Crippen LogP contribution in [0.4, 0.5) is 10.5 Å². The van der Waals surface area contributed by atoms with Gasteiger partial charge < -0.3 is 10.4 Å². The first-order valence-electron chi connectivity index (χ1n) is 7.23. The molecule has 0 saturated carbocycles. The van der Waals surface area contributed by atoms with Gasteiger partial charge in [-0.3, -0.25) is 14.7 Å². The fraction of sp³-hybridized carbons (Fsp3) is 0.118. The molecule has 0 spiro atoms. The number of amides is 2. The van der Waals surface area contributed by atoms with Gasteiger partial charge in [0.05, 0.1) is 11.4 Å². The van der Waals surface area contributed by atoms with Crippen LogP contribution in [-0.2, 0) is 4.79 Å². The van der Waals surface area contributed by atoms with Gasteiger partial charge in [-0.25, -0.2) is 4.79 Å². The Kier molecular flexibility index (Phi) is 4.48. The standard InChI is InChI=1S/C17H14ClN3O3/c18-12-6-7-14-13(8-12)16(11-4-2-1-3-5-11)19-9-15(22)21(14)10-20-17(23)24/h1-8,20H,9-10H2,(H,23,24). The number of nitrogens with zero attached hydrogens (tertiary/aromatic N) is 2. The van der Waals surface area contributed by atoms with E-state index in [0.717, 1.165) is 5.56 Å². The lowest BCUT2D eigenvalue weighted by Crippen LogP contribution is -2.42. The lowest BCUT2D eigenvalue weighted by Gasteiger charge is -2.22. The molecule has 0 unspecified atom stereocenters. The molecule has 0 bridgehead atoms. The number of benzodiazepines with no additional fused rings is 1. The maximum atomic E-state index is 12.4. The van der Waals surface area contributed by atoms with Crippen molar-refractivity contribution in [2.45, 2.75) is 0 Å². The van der Waals surface area contributed by atoms with Gasteiger partial charge in [0.15, 0.2) is 0 Å². The summed E-state index contributed by atoms with van der Waals surface area (Å²) in [6, 6.07) is 14.6. The maximum absolute atomic E-state index is 12.4. The Bertz CT molecular complexity index is 821. The third-order valence-electron chi connectivity index (χ3n) is 3.61. The van der Waals surface area contributed by atoms with Crippen LogP contribution in [0, 0.1) is 0 Å². The minimum Gasteiger partial charge on any atom is -0.465 e. The second-order valence-corrected chi connectivity index (χ2v) is 5.59. The van der Waals surface area contributed by atoms with Crippen molar-refractivity contribution >= 4 is 35.0 Å². The molecule has 0 saturated heterocycles. The summed E-state index contributed by atoms with van der Waals surface area (Å²) in [6.07, 6.45) is -1.20. The molecule has 122 valence electrons. The van der Waals surface area contributed by atoms with Crippen molar-refractivity contribution in [2.24, 2.45) is 4.99 Å². The molecule has 3 rings (SSSR count). The molecule has 1 aliphatic rings. The number of carboxylic acid groups (broad SMARTS) is 1.